The van der Waals surface area contributed by atoms with Crippen molar-refractivity contribution >= 4 is 22.7 Å². The Hall–Kier alpha value is -2.11. The van der Waals surface area contributed by atoms with Crippen LogP contribution in [0.1, 0.15) is 0 Å². The lowest BCUT2D eigenvalue weighted by atomic mass is 10.2. The minimum absolute atomic E-state index is 0.0913. The molecule has 0 bridgehead atoms. The zero-order chi connectivity index (χ0) is 10.8. The van der Waals surface area contributed by atoms with Crippen LogP contribution in [0.4, 0.5) is 5.69 Å². The van der Waals surface area contributed by atoms with Crippen molar-refractivity contribution in [1.29, 1.82) is 0 Å². The number of carboxylic acid groups (broad SMARTS) is 1. The lowest BCUT2D eigenvalue weighted by Gasteiger charge is -2.15. The number of hydrogen-bond acceptors (Lipinski definition) is 5. The van der Waals surface area contributed by atoms with Crippen LogP contribution >= 0.6 is 0 Å². The van der Waals surface area contributed by atoms with Crippen LogP contribution in [-0.2, 0) is 4.79 Å². The minimum atomic E-state index is -0.897. The Labute approximate surface area is 85.1 Å². The van der Waals surface area contributed by atoms with Gasteiger partial charge < -0.3 is 10.0 Å². The molecule has 2 rings (SSSR count). The molecule has 0 aliphatic carbocycles. The molecule has 1 heterocycles. The molecule has 0 atom stereocenters. The van der Waals surface area contributed by atoms with Crippen molar-refractivity contribution in [3.8, 4) is 0 Å². The largest absolute Gasteiger partial charge is 0.480 e. The van der Waals surface area contributed by atoms with Crippen LogP contribution < -0.4 is 4.90 Å². The Balaban J connectivity index is 2.42. The topological polar surface area (TPSA) is 79.5 Å². The summed E-state index contributed by atoms with van der Waals surface area (Å²) >= 11 is 0. The Kier molecular flexibility index (Phi) is 2.24. The number of benzene rings is 1. The van der Waals surface area contributed by atoms with Gasteiger partial charge in [-0.05, 0) is 22.4 Å². The van der Waals surface area contributed by atoms with E-state index in [1.807, 2.05) is 0 Å². The van der Waals surface area contributed by atoms with Crippen LogP contribution in [0, 0.1) is 0 Å². The SMILES string of the molecule is CN(CC(=O)O)c1cccc2nonc12. The zero-order valence-electron chi connectivity index (χ0n) is 8.04. The van der Waals surface area contributed by atoms with E-state index in [9.17, 15) is 4.79 Å². The predicted molar refractivity (Wildman–Crippen MR) is 52.7 cm³/mol. The third-order valence-corrected chi connectivity index (χ3v) is 2.05. The molecule has 6 nitrogen and oxygen atoms in total. The highest BCUT2D eigenvalue weighted by Crippen LogP contribution is 2.22. The first kappa shape index (κ1) is 9.45. The van der Waals surface area contributed by atoms with Crippen molar-refractivity contribution in [2.75, 3.05) is 18.5 Å². The summed E-state index contributed by atoms with van der Waals surface area (Å²) in [7, 11) is 1.68. The average molecular weight is 207 g/mol. The van der Waals surface area contributed by atoms with Crippen molar-refractivity contribution in [3.63, 3.8) is 0 Å². The maximum absolute atomic E-state index is 10.6. The number of likely N-dealkylation sites (N-methyl/N-ethyl adjacent to an activating group) is 1. The van der Waals surface area contributed by atoms with Crippen molar-refractivity contribution in [1.82, 2.24) is 10.3 Å². The quantitative estimate of drug-likeness (QED) is 0.799. The summed E-state index contributed by atoms with van der Waals surface area (Å²) in [5.74, 6) is -0.897. The molecule has 0 amide bonds. The predicted octanol–water partition coefficient (Wildman–Crippen LogP) is 0.744. The number of rotatable bonds is 3. The molecule has 1 aromatic heterocycles. The van der Waals surface area contributed by atoms with E-state index < -0.39 is 5.97 Å². The maximum Gasteiger partial charge on any atom is 0.323 e. The van der Waals surface area contributed by atoms with E-state index >= 15 is 0 Å². The van der Waals surface area contributed by atoms with Gasteiger partial charge in [-0.1, -0.05) is 6.07 Å². The number of carbonyl (C=O) groups is 1. The molecule has 0 aliphatic heterocycles. The summed E-state index contributed by atoms with van der Waals surface area (Å²) in [5, 5.41) is 16.1. The Morgan fingerprint density at radius 1 is 1.53 bits per heavy atom. The van der Waals surface area contributed by atoms with E-state index in [0.29, 0.717) is 16.7 Å². The van der Waals surface area contributed by atoms with Gasteiger partial charge >= 0.3 is 5.97 Å². The molecule has 0 fully saturated rings. The number of anilines is 1. The van der Waals surface area contributed by atoms with Gasteiger partial charge in [-0.15, -0.1) is 0 Å². The first-order valence-corrected chi connectivity index (χ1v) is 4.32. The molecular weight excluding hydrogens is 198 g/mol. The summed E-state index contributed by atoms with van der Waals surface area (Å²) in [6.45, 7) is -0.0913. The lowest BCUT2D eigenvalue weighted by molar-refractivity contribution is -0.135. The van der Waals surface area contributed by atoms with E-state index in [-0.39, 0.29) is 6.54 Å². The maximum atomic E-state index is 10.6. The Morgan fingerprint density at radius 2 is 2.33 bits per heavy atom. The summed E-state index contributed by atoms with van der Waals surface area (Å²) in [5.41, 5.74) is 1.88. The number of carboxylic acids is 1. The van der Waals surface area contributed by atoms with Gasteiger partial charge in [0.05, 0.1) is 5.69 Å². The first-order valence-electron chi connectivity index (χ1n) is 4.32. The molecule has 0 spiro atoms. The third kappa shape index (κ3) is 1.74. The molecule has 78 valence electrons. The van der Waals surface area contributed by atoms with Gasteiger partial charge in [0, 0.05) is 7.05 Å². The van der Waals surface area contributed by atoms with E-state index in [2.05, 4.69) is 14.9 Å². The van der Waals surface area contributed by atoms with Crippen LogP contribution in [-0.4, -0.2) is 35.0 Å². The summed E-state index contributed by atoms with van der Waals surface area (Å²) in [4.78, 5) is 12.1. The van der Waals surface area contributed by atoms with Gasteiger partial charge in [-0.2, -0.15) is 0 Å². The zero-order valence-corrected chi connectivity index (χ0v) is 8.04. The van der Waals surface area contributed by atoms with Gasteiger partial charge in [0.15, 0.2) is 5.52 Å². The van der Waals surface area contributed by atoms with Crippen LogP contribution in [0.25, 0.3) is 11.0 Å². The van der Waals surface area contributed by atoms with Crippen LogP contribution in [0.3, 0.4) is 0 Å². The second kappa shape index (κ2) is 3.56. The summed E-state index contributed by atoms with van der Waals surface area (Å²) in [6.07, 6.45) is 0. The molecule has 1 N–H and O–H groups in total. The van der Waals surface area contributed by atoms with Gasteiger partial charge in [0.2, 0.25) is 0 Å². The number of hydrogen-bond donors (Lipinski definition) is 1. The molecule has 2 aromatic rings. The lowest BCUT2D eigenvalue weighted by Crippen LogP contribution is -2.25. The average Bonchev–Trinajstić information content (AvgIpc) is 2.63. The van der Waals surface area contributed by atoms with Gasteiger partial charge in [-0.3, -0.25) is 4.79 Å². The molecule has 0 radical (unpaired) electrons. The molecule has 0 saturated carbocycles. The van der Waals surface area contributed by atoms with Crippen molar-refractivity contribution in [2.24, 2.45) is 0 Å². The van der Waals surface area contributed by atoms with Gasteiger partial charge in [0.1, 0.15) is 12.1 Å². The van der Waals surface area contributed by atoms with Crippen LogP contribution in [0.2, 0.25) is 0 Å². The monoisotopic (exact) mass is 207 g/mol. The van der Waals surface area contributed by atoms with E-state index in [0.717, 1.165) is 0 Å². The Bertz CT molecular complexity index is 494. The minimum Gasteiger partial charge on any atom is -0.480 e. The standard InChI is InChI=1S/C9H9N3O3/c1-12(5-8(13)14)7-4-2-3-6-9(7)11-15-10-6/h2-4H,5H2,1H3,(H,13,14). The van der Waals surface area contributed by atoms with Gasteiger partial charge in [0.25, 0.3) is 0 Å². The second-order valence-electron chi connectivity index (χ2n) is 3.16. The molecule has 0 saturated heterocycles. The van der Waals surface area contributed by atoms with Crippen molar-refractivity contribution < 1.29 is 14.5 Å². The fourth-order valence-corrected chi connectivity index (χ4v) is 1.39. The highest BCUT2D eigenvalue weighted by molar-refractivity contribution is 5.89. The molecule has 1 aromatic carbocycles. The normalized spacial score (nSPS) is 10.5. The molecule has 0 unspecified atom stereocenters. The van der Waals surface area contributed by atoms with Gasteiger partial charge in [-0.25, -0.2) is 4.63 Å². The van der Waals surface area contributed by atoms with E-state index in [4.69, 9.17) is 5.11 Å². The number of nitrogens with zero attached hydrogens (tertiary/aromatic N) is 3. The molecule has 0 aliphatic rings. The van der Waals surface area contributed by atoms with E-state index in [1.54, 1.807) is 30.1 Å². The van der Waals surface area contributed by atoms with Crippen LogP contribution in [0.15, 0.2) is 22.8 Å². The smallest absolute Gasteiger partial charge is 0.323 e. The fourth-order valence-electron chi connectivity index (χ4n) is 1.39. The number of fused-ring (bicyclic) bond motifs is 1. The molecule has 6 heteroatoms. The highest BCUT2D eigenvalue weighted by Gasteiger charge is 2.12. The molecular formula is C9H9N3O3. The highest BCUT2D eigenvalue weighted by atomic mass is 16.6. The molecule has 15 heavy (non-hydrogen) atoms. The summed E-state index contributed by atoms with van der Waals surface area (Å²) < 4.78 is 4.59. The van der Waals surface area contributed by atoms with E-state index in [1.165, 1.54) is 0 Å². The van der Waals surface area contributed by atoms with Crippen molar-refractivity contribution in [2.45, 2.75) is 0 Å². The summed E-state index contributed by atoms with van der Waals surface area (Å²) in [6, 6.07) is 5.31. The Morgan fingerprint density at radius 3 is 3.07 bits per heavy atom. The number of aliphatic carboxylic acids is 1. The van der Waals surface area contributed by atoms with Crippen molar-refractivity contribution in [3.05, 3.63) is 18.2 Å². The van der Waals surface area contributed by atoms with Crippen LogP contribution in [0.5, 0.6) is 0 Å². The third-order valence-electron chi connectivity index (χ3n) is 2.05. The number of aromatic nitrogens is 2. The first-order chi connectivity index (χ1) is 7.18. The second-order valence-corrected chi connectivity index (χ2v) is 3.16. The fraction of sp³-hybridized carbons (Fsp3) is 0.222.